The Morgan fingerprint density at radius 3 is 2.96 bits per heavy atom. The quantitative estimate of drug-likeness (QED) is 0.826. The van der Waals surface area contributed by atoms with Crippen molar-refractivity contribution in [2.75, 3.05) is 26.3 Å². The summed E-state index contributed by atoms with van der Waals surface area (Å²) in [4.78, 5) is 14.8. The first-order valence-electron chi connectivity index (χ1n) is 9.37. The van der Waals surface area contributed by atoms with Crippen molar-refractivity contribution in [3.8, 4) is 0 Å². The predicted octanol–water partition coefficient (Wildman–Crippen LogP) is 1.94. The highest BCUT2D eigenvalue weighted by Gasteiger charge is 2.39. The number of aliphatic hydroxyl groups excluding tert-OH is 1. The standard InChI is InChI=1S/C20H30N2O3/c1-20(15-23)9-5-8-18(20)21-19(24)12-17-14-22(10-11-25-17)13-16-6-3-2-4-7-16/h2-4,6-7,17-18,23H,5,8-15H2,1H3,(H,21,24). The third kappa shape index (κ3) is 4.81. The van der Waals surface area contributed by atoms with Crippen LogP contribution in [0.25, 0.3) is 0 Å². The summed E-state index contributed by atoms with van der Waals surface area (Å²) < 4.78 is 5.81. The van der Waals surface area contributed by atoms with Gasteiger partial charge in [-0.25, -0.2) is 0 Å². The van der Waals surface area contributed by atoms with Crippen molar-refractivity contribution < 1.29 is 14.6 Å². The molecule has 2 N–H and O–H groups in total. The Morgan fingerprint density at radius 2 is 2.20 bits per heavy atom. The van der Waals surface area contributed by atoms with E-state index in [9.17, 15) is 9.90 Å². The molecule has 3 unspecified atom stereocenters. The smallest absolute Gasteiger partial charge is 0.222 e. The lowest BCUT2D eigenvalue weighted by Gasteiger charge is -2.34. The van der Waals surface area contributed by atoms with Gasteiger partial charge in [0, 0.05) is 31.1 Å². The van der Waals surface area contributed by atoms with E-state index in [1.807, 2.05) is 6.07 Å². The maximum Gasteiger partial charge on any atom is 0.222 e. The summed E-state index contributed by atoms with van der Waals surface area (Å²) in [5.74, 6) is 0.0399. The molecule has 1 heterocycles. The molecule has 0 radical (unpaired) electrons. The van der Waals surface area contributed by atoms with Crippen LogP contribution in [0, 0.1) is 5.41 Å². The molecule has 2 fully saturated rings. The summed E-state index contributed by atoms with van der Waals surface area (Å²) in [5.41, 5.74) is 1.11. The van der Waals surface area contributed by atoms with Gasteiger partial charge >= 0.3 is 0 Å². The van der Waals surface area contributed by atoms with Gasteiger partial charge in [-0.15, -0.1) is 0 Å². The lowest BCUT2D eigenvalue weighted by molar-refractivity contribution is -0.127. The zero-order valence-electron chi connectivity index (χ0n) is 15.1. The largest absolute Gasteiger partial charge is 0.396 e. The van der Waals surface area contributed by atoms with E-state index in [-0.39, 0.29) is 30.1 Å². The van der Waals surface area contributed by atoms with E-state index in [4.69, 9.17) is 4.74 Å². The van der Waals surface area contributed by atoms with Crippen molar-refractivity contribution in [1.29, 1.82) is 0 Å². The molecule has 1 saturated carbocycles. The minimum atomic E-state index is -0.178. The maximum atomic E-state index is 12.4. The van der Waals surface area contributed by atoms with Crippen LogP contribution in [0.4, 0.5) is 0 Å². The van der Waals surface area contributed by atoms with Gasteiger partial charge < -0.3 is 15.2 Å². The Kier molecular flexibility index (Phi) is 6.10. The normalized spacial score (nSPS) is 30.3. The number of hydrogen-bond donors (Lipinski definition) is 2. The molecule has 3 rings (SSSR count). The molecule has 0 bridgehead atoms. The Bertz CT molecular complexity index is 565. The van der Waals surface area contributed by atoms with Crippen molar-refractivity contribution in [1.82, 2.24) is 10.2 Å². The maximum absolute atomic E-state index is 12.4. The summed E-state index contributed by atoms with van der Waals surface area (Å²) in [7, 11) is 0. The molecule has 2 aliphatic rings. The number of morpholine rings is 1. The molecule has 1 aliphatic heterocycles. The van der Waals surface area contributed by atoms with Crippen molar-refractivity contribution in [2.24, 2.45) is 5.41 Å². The summed E-state index contributed by atoms with van der Waals surface area (Å²) in [5, 5.41) is 12.8. The number of amides is 1. The molecule has 0 aromatic heterocycles. The van der Waals surface area contributed by atoms with E-state index in [0.717, 1.165) is 38.9 Å². The van der Waals surface area contributed by atoms with Crippen LogP contribution in [-0.4, -0.2) is 54.4 Å². The van der Waals surface area contributed by atoms with Crippen LogP contribution in [0.5, 0.6) is 0 Å². The van der Waals surface area contributed by atoms with E-state index in [2.05, 4.69) is 41.4 Å². The van der Waals surface area contributed by atoms with Crippen LogP contribution in [0.15, 0.2) is 30.3 Å². The Morgan fingerprint density at radius 1 is 1.40 bits per heavy atom. The van der Waals surface area contributed by atoms with Crippen molar-refractivity contribution in [3.05, 3.63) is 35.9 Å². The van der Waals surface area contributed by atoms with E-state index < -0.39 is 0 Å². The number of aliphatic hydroxyl groups is 1. The fourth-order valence-electron chi connectivity index (χ4n) is 4.02. The highest BCUT2D eigenvalue weighted by Crippen LogP contribution is 2.37. The molecule has 3 atom stereocenters. The van der Waals surface area contributed by atoms with Crippen LogP contribution in [0.3, 0.4) is 0 Å². The van der Waals surface area contributed by atoms with Gasteiger partial charge in [-0.1, -0.05) is 43.7 Å². The van der Waals surface area contributed by atoms with Crippen LogP contribution in [0.2, 0.25) is 0 Å². The average Bonchev–Trinajstić information content (AvgIpc) is 2.97. The van der Waals surface area contributed by atoms with E-state index >= 15 is 0 Å². The van der Waals surface area contributed by atoms with Gasteiger partial charge in [0.2, 0.25) is 5.91 Å². The molecule has 5 nitrogen and oxygen atoms in total. The number of nitrogens with one attached hydrogen (secondary N) is 1. The summed E-state index contributed by atoms with van der Waals surface area (Å²) in [6.45, 7) is 5.44. The Hall–Kier alpha value is -1.43. The van der Waals surface area contributed by atoms with Crippen LogP contribution in [-0.2, 0) is 16.1 Å². The van der Waals surface area contributed by atoms with E-state index in [1.165, 1.54) is 5.56 Å². The van der Waals surface area contributed by atoms with Crippen molar-refractivity contribution >= 4 is 5.91 Å². The van der Waals surface area contributed by atoms with Gasteiger partial charge in [0.05, 0.1) is 25.7 Å². The number of rotatable bonds is 6. The van der Waals surface area contributed by atoms with Gasteiger partial charge in [-0.05, 0) is 18.4 Å². The third-order valence-electron chi connectivity index (χ3n) is 5.66. The summed E-state index contributed by atoms with van der Waals surface area (Å²) in [6.07, 6.45) is 3.32. The SMILES string of the molecule is CC1(CO)CCCC1NC(=O)CC1CN(Cc2ccccc2)CCO1. The minimum absolute atomic E-state index is 0.0399. The summed E-state index contributed by atoms with van der Waals surface area (Å²) >= 11 is 0. The molecular formula is C20H30N2O3. The van der Waals surface area contributed by atoms with Crippen LogP contribution < -0.4 is 5.32 Å². The number of hydrogen-bond acceptors (Lipinski definition) is 4. The average molecular weight is 346 g/mol. The first kappa shape index (κ1) is 18.4. The zero-order valence-corrected chi connectivity index (χ0v) is 15.1. The second-order valence-corrected chi connectivity index (χ2v) is 7.74. The van der Waals surface area contributed by atoms with Gasteiger partial charge in [0.25, 0.3) is 0 Å². The first-order valence-corrected chi connectivity index (χ1v) is 9.37. The highest BCUT2D eigenvalue weighted by atomic mass is 16.5. The lowest BCUT2D eigenvalue weighted by Crippen LogP contribution is -2.48. The number of ether oxygens (including phenoxy) is 1. The minimum Gasteiger partial charge on any atom is -0.396 e. The zero-order chi connectivity index (χ0) is 17.7. The summed E-state index contributed by atoms with van der Waals surface area (Å²) in [6, 6.07) is 10.5. The van der Waals surface area contributed by atoms with E-state index in [0.29, 0.717) is 13.0 Å². The first-order chi connectivity index (χ1) is 12.1. The molecule has 0 spiro atoms. The third-order valence-corrected chi connectivity index (χ3v) is 5.66. The Balaban J connectivity index is 1.48. The molecule has 1 amide bonds. The molecular weight excluding hydrogens is 316 g/mol. The fourth-order valence-corrected chi connectivity index (χ4v) is 4.02. The fraction of sp³-hybridized carbons (Fsp3) is 0.650. The monoisotopic (exact) mass is 346 g/mol. The molecule has 1 aromatic carbocycles. The molecule has 5 heteroatoms. The Labute approximate surface area is 150 Å². The van der Waals surface area contributed by atoms with Gasteiger partial charge in [-0.2, -0.15) is 0 Å². The molecule has 1 aromatic rings. The van der Waals surface area contributed by atoms with Crippen molar-refractivity contribution in [3.63, 3.8) is 0 Å². The van der Waals surface area contributed by atoms with Crippen molar-refractivity contribution in [2.45, 2.75) is 51.3 Å². The number of benzene rings is 1. The molecule has 1 saturated heterocycles. The second-order valence-electron chi connectivity index (χ2n) is 7.74. The van der Waals surface area contributed by atoms with E-state index in [1.54, 1.807) is 0 Å². The predicted molar refractivity (Wildman–Crippen MR) is 97.1 cm³/mol. The molecule has 138 valence electrons. The van der Waals surface area contributed by atoms with Gasteiger partial charge in [0.1, 0.15) is 0 Å². The van der Waals surface area contributed by atoms with Crippen LogP contribution in [0.1, 0.15) is 38.2 Å². The molecule has 25 heavy (non-hydrogen) atoms. The highest BCUT2D eigenvalue weighted by molar-refractivity contribution is 5.77. The molecule has 1 aliphatic carbocycles. The second kappa shape index (κ2) is 8.30. The lowest BCUT2D eigenvalue weighted by atomic mass is 9.85. The number of carbonyl (C=O) groups excluding carboxylic acids is 1. The number of carbonyl (C=O) groups is 1. The van der Waals surface area contributed by atoms with Gasteiger partial charge in [-0.3, -0.25) is 9.69 Å². The van der Waals surface area contributed by atoms with Gasteiger partial charge in [0.15, 0.2) is 0 Å². The van der Waals surface area contributed by atoms with Crippen LogP contribution >= 0.6 is 0 Å². The number of nitrogens with zero attached hydrogens (tertiary/aromatic N) is 1. The topological polar surface area (TPSA) is 61.8 Å².